The molecule has 6 heteroatoms. The minimum atomic E-state index is -2.85. The highest BCUT2D eigenvalue weighted by Gasteiger charge is 2.28. The quantitative estimate of drug-likeness (QED) is 0.883. The average molecular weight is 298 g/mol. The molecule has 2 heterocycles. The van der Waals surface area contributed by atoms with Gasteiger partial charge in [-0.1, -0.05) is 0 Å². The van der Waals surface area contributed by atoms with E-state index in [1.165, 1.54) is 18.4 Å². The van der Waals surface area contributed by atoms with E-state index in [1.54, 1.807) is 6.26 Å². The number of nitrogens with zero attached hydrogens (tertiary/aromatic N) is 1. The molecule has 0 amide bonds. The molecule has 112 valence electrons. The molecule has 1 unspecified atom stereocenters. The molecule has 1 aromatic rings. The van der Waals surface area contributed by atoms with Crippen molar-refractivity contribution in [3.05, 3.63) is 23.7 Å². The lowest BCUT2D eigenvalue weighted by atomic mass is 10.2. The molecule has 1 aliphatic carbocycles. The van der Waals surface area contributed by atoms with Gasteiger partial charge in [-0.25, -0.2) is 8.42 Å². The van der Waals surface area contributed by atoms with Crippen LogP contribution in [-0.4, -0.2) is 43.5 Å². The molecule has 2 aliphatic rings. The van der Waals surface area contributed by atoms with Gasteiger partial charge in [-0.05, 0) is 25.8 Å². The fraction of sp³-hybridized carbons (Fsp3) is 0.714. The van der Waals surface area contributed by atoms with Crippen LogP contribution in [0.15, 0.2) is 16.7 Å². The van der Waals surface area contributed by atoms with Crippen LogP contribution in [0.3, 0.4) is 0 Å². The third-order valence-electron chi connectivity index (χ3n) is 4.05. The summed E-state index contributed by atoms with van der Waals surface area (Å²) in [5, 5.41) is 3.46. The molecule has 1 saturated heterocycles. The molecule has 0 bridgehead atoms. The first kappa shape index (κ1) is 14.1. The minimum Gasteiger partial charge on any atom is -0.468 e. The zero-order valence-electron chi connectivity index (χ0n) is 11.8. The molecule has 1 aliphatic heterocycles. The summed E-state index contributed by atoms with van der Waals surface area (Å²) in [4.78, 5) is 2.18. The first-order chi connectivity index (χ1) is 9.52. The number of hydrogen-bond donors (Lipinski definition) is 1. The minimum absolute atomic E-state index is 0.0619. The summed E-state index contributed by atoms with van der Waals surface area (Å²) in [7, 11) is -2.85. The Bertz CT molecular complexity index is 563. The van der Waals surface area contributed by atoms with Crippen LogP contribution in [-0.2, 0) is 22.9 Å². The van der Waals surface area contributed by atoms with Crippen molar-refractivity contribution in [3.63, 3.8) is 0 Å². The molecule has 2 fully saturated rings. The zero-order valence-corrected chi connectivity index (χ0v) is 12.7. The summed E-state index contributed by atoms with van der Waals surface area (Å²) in [6.45, 7) is 4.12. The Kier molecular flexibility index (Phi) is 3.88. The van der Waals surface area contributed by atoms with E-state index in [-0.39, 0.29) is 17.5 Å². The molecule has 0 radical (unpaired) electrons. The summed E-state index contributed by atoms with van der Waals surface area (Å²) in [5.41, 5.74) is 1.17. The van der Waals surface area contributed by atoms with Gasteiger partial charge < -0.3 is 9.73 Å². The first-order valence-electron chi connectivity index (χ1n) is 7.26. The highest BCUT2D eigenvalue weighted by Crippen LogP contribution is 2.20. The Labute approximate surface area is 120 Å². The third kappa shape index (κ3) is 3.62. The Morgan fingerprint density at radius 2 is 2.25 bits per heavy atom. The van der Waals surface area contributed by atoms with Crippen molar-refractivity contribution in [2.24, 2.45) is 0 Å². The van der Waals surface area contributed by atoms with E-state index >= 15 is 0 Å². The van der Waals surface area contributed by atoms with Gasteiger partial charge in [-0.2, -0.15) is 0 Å². The second-order valence-electron chi connectivity index (χ2n) is 6.01. The Morgan fingerprint density at radius 1 is 1.45 bits per heavy atom. The monoisotopic (exact) mass is 298 g/mol. The zero-order chi connectivity index (χ0) is 14.2. The van der Waals surface area contributed by atoms with Crippen molar-refractivity contribution in [3.8, 4) is 0 Å². The molecule has 5 nitrogen and oxygen atoms in total. The standard InChI is InChI=1S/C14H22N2O3S/c1-11-10-20(17,18)5-4-16(11)8-14-6-12(9-19-14)7-15-13-2-3-13/h6,9,11,13,15H,2-5,7-8,10H2,1H3. The summed E-state index contributed by atoms with van der Waals surface area (Å²) in [6.07, 6.45) is 4.37. The van der Waals surface area contributed by atoms with Crippen molar-refractivity contribution in [1.29, 1.82) is 0 Å². The number of furan rings is 1. The van der Waals surface area contributed by atoms with Gasteiger partial charge in [0.1, 0.15) is 5.76 Å². The molecule has 0 spiro atoms. The molecule has 0 aromatic carbocycles. The van der Waals surface area contributed by atoms with Gasteiger partial charge in [0.05, 0.1) is 24.3 Å². The second kappa shape index (κ2) is 5.50. The maximum absolute atomic E-state index is 11.6. The van der Waals surface area contributed by atoms with E-state index in [4.69, 9.17) is 4.42 Å². The van der Waals surface area contributed by atoms with Crippen LogP contribution in [0.5, 0.6) is 0 Å². The van der Waals surface area contributed by atoms with Crippen LogP contribution in [0.2, 0.25) is 0 Å². The van der Waals surface area contributed by atoms with Crippen LogP contribution < -0.4 is 5.32 Å². The predicted octanol–water partition coefficient (Wildman–Crippen LogP) is 1.15. The van der Waals surface area contributed by atoms with Gasteiger partial charge in [0.2, 0.25) is 0 Å². The molecule has 1 saturated carbocycles. The van der Waals surface area contributed by atoms with Gasteiger partial charge in [-0.15, -0.1) is 0 Å². The van der Waals surface area contributed by atoms with Crippen LogP contribution in [0.25, 0.3) is 0 Å². The average Bonchev–Trinajstić information content (AvgIpc) is 3.10. The molecular formula is C14H22N2O3S. The number of sulfone groups is 1. The van der Waals surface area contributed by atoms with Gasteiger partial charge in [0.15, 0.2) is 9.84 Å². The van der Waals surface area contributed by atoms with Gasteiger partial charge in [0.25, 0.3) is 0 Å². The second-order valence-corrected chi connectivity index (χ2v) is 8.24. The largest absolute Gasteiger partial charge is 0.468 e. The summed E-state index contributed by atoms with van der Waals surface area (Å²) in [5.74, 6) is 1.43. The predicted molar refractivity (Wildman–Crippen MR) is 77.1 cm³/mol. The van der Waals surface area contributed by atoms with Crippen LogP contribution >= 0.6 is 0 Å². The van der Waals surface area contributed by atoms with E-state index in [2.05, 4.69) is 16.3 Å². The van der Waals surface area contributed by atoms with E-state index in [0.29, 0.717) is 19.1 Å². The molecule has 20 heavy (non-hydrogen) atoms. The lowest BCUT2D eigenvalue weighted by molar-refractivity contribution is 0.201. The van der Waals surface area contributed by atoms with E-state index in [1.807, 2.05) is 6.92 Å². The number of hydrogen-bond acceptors (Lipinski definition) is 5. The maximum atomic E-state index is 11.6. The Hall–Kier alpha value is -0.850. The molecule has 3 rings (SSSR count). The summed E-state index contributed by atoms with van der Waals surface area (Å²) in [6, 6.07) is 2.83. The topological polar surface area (TPSA) is 62.6 Å². The van der Waals surface area contributed by atoms with Crippen LogP contribution in [0, 0.1) is 0 Å². The fourth-order valence-corrected chi connectivity index (χ4v) is 4.24. The van der Waals surface area contributed by atoms with E-state index < -0.39 is 9.84 Å². The molecule has 1 aromatic heterocycles. The van der Waals surface area contributed by atoms with E-state index in [9.17, 15) is 8.42 Å². The van der Waals surface area contributed by atoms with E-state index in [0.717, 1.165) is 12.3 Å². The SMILES string of the molecule is CC1CS(=O)(=O)CCN1Cc1cc(CNC2CC2)co1. The molecule has 1 atom stereocenters. The van der Waals surface area contributed by atoms with Crippen molar-refractivity contribution in [1.82, 2.24) is 10.2 Å². The smallest absolute Gasteiger partial charge is 0.153 e. The lowest BCUT2D eigenvalue weighted by Crippen LogP contribution is -2.46. The Morgan fingerprint density at radius 3 is 2.95 bits per heavy atom. The highest BCUT2D eigenvalue weighted by molar-refractivity contribution is 7.91. The normalized spacial score (nSPS) is 26.8. The number of rotatable bonds is 5. The van der Waals surface area contributed by atoms with Crippen molar-refractivity contribution >= 4 is 9.84 Å². The fourth-order valence-electron chi connectivity index (χ4n) is 2.62. The summed E-state index contributed by atoms with van der Waals surface area (Å²) >= 11 is 0. The summed E-state index contributed by atoms with van der Waals surface area (Å²) < 4.78 is 28.7. The van der Waals surface area contributed by atoms with Crippen LogP contribution in [0.1, 0.15) is 31.1 Å². The highest BCUT2D eigenvalue weighted by atomic mass is 32.2. The number of nitrogens with one attached hydrogen (secondary N) is 1. The van der Waals surface area contributed by atoms with Crippen molar-refractivity contribution < 1.29 is 12.8 Å². The third-order valence-corrected chi connectivity index (χ3v) is 5.84. The van der Waals surface area contributed by atoms with Gasteiger partial charge in [-0.3, -0.25) is 4.90 Å². The van der Waals surface area contributed by atoms with Crippen LogP contribution in [0.4, 0.5) is 0 Å². The maximum Gasteiger partial charge on any atom is 0.153 e. The van der Waals surface area contributed by atoms with Gasteiger partial charge >= 0.3 is 0 Å². The Balaban J connectivity index is 1.54. The van der Waals surface area contributed by atoms with Crippen molar-refractivity contribution in [2.45, 2.75) is 44.9 Å². The van der Waals surface area contributed by atoms with Crippen molar-refractivity contribution in [2.75, 3.05) is 18.1 Å². The van der Waals surface area contributed by atoms with Gasteiger partial charge in [0, 0.05) is 30.7 Å². The first-order valence-corrected chi connectivity index (χ1v) is 9.08. The molecule has 1 N–H and O–H groups in total. The lowest BCUT2D eigenvalue weighted by Gasteiger charge is -2.32. The molecular weight excluding hydrogens is 276 g/mol.